The van der Waals surface area contributed by atoms with Gasteiger partial charge in [-0.25, -0.2) is 19.4 Å². The van der Waals surface area contributed by atoms with Crippen molar-refractivity contribution < 1.29 is 4.79 Å². The number of anilines is 1. The van der Waals surface area contributed by atoms with Crippen molar-refractivity contribution in [3.63, 3.8) is 0 Å². The number of nitrogens with zero attached hydrogens (tertiary/aromatic N) is 5. The van der Waals surface area contributed by atoms with Crippen molar-refractivity contribution in [1.29, 1.82) is 0 Å². The fraction of sp³-hybridized carbons (Fsp3) is 0. The van der Waals surface area contributed by atoms with E-state index in [0.717, 1.165) is 0 Å². The predicted molar refractivity (Wildman–Crippen MR) is 73.0 cm³/mol. The van der Waals surface area contributed by atoms with E-state index < -0.39 is 0 Å². The van der Waals surface area contributed by atoms with Gasteiger partial charge < -0.3 is 5.32 Å². The van der Waals surface area contributed by atoms with Crippen LogP contribution in [0, 0.1) is 0 Å². The van der Waals surface area contributed by atoms with Crippen molar-refractivity contribution in [1.82, 2.24) is 24.3 Å². The van der Waals surface area contributed by atoms with E-state index in [-0.39, 0.29) is 6.03 Å². The average molecular weight is 289 g/mol. The maximum atomic E-state index is 12.0. The molecule has 1 amide bonds. The highest BCUT2D eigenvalue weighted by Gasteiger charge is 2.10. The number of rotatable bonds is 2. The third-order valence-electron chi connectivity index (χ3n) is 2.60. The Kier molecular flexibility index (Phi) is 3.18. The standard InChI is InChI=1S/C12H9ClN6O/c13-9-1-2-11(19-8-15-6-16-19)10(5-9)17-12(20)18-4-3-14-7-18/h1-8H,(H,17,20). The number of carbonyl (C=O) groups excluding carboxylic acids is 1. The second-order valence-corrected chi connectivity index (χ2v) is 4.34. The Labute approximate surface area is 118 Å². The monoisotopic (exact) mass is 288 g/mol. The van der Waals surface area contributed by atoms with E-state index in [4.69, 9.17) is 11.6 Å². The van der Waals surface area contributed by atoms with Crippen LogP contribution in [0.1, 0.15) is 0 Å². The van der Waals surface area contributed by atoms with Gasteiger partial charge in [0.15, 0.2) is 0 Å². The number of imidazole rings is 1. The molecule has 1 aromatic carbocycles. The maximum Gasteiger partial charge on any atom is 0.331 e. The van der Waals surface area contributed by atoms with Gasteiger partial charge in [0.2, 0.25) is 0 Å². The highest BCUT2D eigenvalue weighted by atomic mass is 35.5. The smallest absolute Gasteiger partial charge is 0.305 e. The lowest BCUT2D eigenvalue weighted by Crippen LogP contribution is -2.19. The van der Waals surface area contributed by atoms with Crippen LogP contribution in [0.2, 0.25) is 5.02 Å². The van der Waals surface area contributed by atoms with Gasteiger partial charge in [-0.05, 0) is 18.2 Å². The minimum absolute atomic E-state index is 0.342. The van der Waals surface area contributed by atoms with E-state index in [1.807, 2.05) is 0 Å². The maximum absolute atomic E-state index is 12.0. The first-order valence-corrected chi connectivity index (χ1v) is 6.06. The Morgan fingerprint density at radius 3 is 2.85 bits per heavy atom. The molecule has 20 heavy (non-hydrogen) atoms. The molecule has 0 spiro atoms. The second kappa shape index (κ2) is 5.14. The molecule has 3 aromatic rings. The van der Waals surface area contributed by atoms with Crippen LogP contribution in [0.3, 0.4) is 0 Å². The van der Waals surface area contributed by atoms with Crippen LogP contribution in [-0.2, 0) is 0 Å². The summed E-state index contributed by atoms with van der Waals surface area (Å²) in [6.07, 6.45) is 7.44. The molecular weight excluding hydrogens is 280 g/mol. The van der Waals surface area contributed by atoms with Gasteiger partial charge >= 0.3 is 6.03 Å². The van der Waals surface area contributed by atoms with E-state index in [9.17, 15) is 4.79 Å². The number of carbonyl (C=O) groups is 1. The molecule has 0 unspecified atom stereocenters. The summed E-state index contributed by atoms with van der Waals surface area (Å²) in [6, 6.07) is 4.77. The first-order chi connectivity index (χ1) is 9.74. The fourth-order valence-electron chi connectivity index (χ4n) is 1.70. The van der Waals surface area contributed by atoms with Crippen LogP contribution in [0.4, 0.5) is 10.5 Å². The number of halogens is 1. The number of benzene rings is 1. The Morgan fingerprint density at radius 2 is 2.15 bits per heavy atom. The molecular formula is C12H9ClN6O. The van der Waals surface area contributed by atoms with Crippen LogP contribution >= 0.6 is 11.6 Å². The zero-order valence-corrected chi connectivity index (χ0v) is 10.9. The van der Waals surface area contributed by atoms with Gasteiger partial charge in [0.05, 0.1) is 11.4 Å². The minimum Gasteiger partial charge on any atom is -0.305 e. The molecule has 1 N–H and O–H groups in total. The summed E-state index contributed by atoms with van der Waals surface area (Å²) in [6.45, 7) is 0. The molecule has 7 nitrogen and oxygen atoms in total. The van der Waals surface area contributed by atoms with Gasteiger partial charge in [-0.2, -0.15) is 5.10 Å². The van der Waals surface area contributed by atoms with Crippen molar-refractivity contribution in [2.75, 3.05) is 5.32 Å². The molecule has 0 aliphatic rings. The molecule has 0 fully saturated rings. The summed E-state index contributed by atoms with van der Waals surface area (Å²) in [5.74, 6) is 0. The third kappa shape index (κ3) is 2.39. The molecule has 0 bridgehead atoms. The molecule has 0 aliphatic heterocycles. The van der Waals surface area contributed by atoms with Crippen LogP contribution in [-0.4, -0.2) is 30.3 Å². The summed E-state index contributed by atoms with van der Waals surface area (Å²) in [5, 5.41) is 7.30. The zero-order chi connectivity index (χ0) is 13.9. The summed E-state index contributed by atoms with van der Waals surface area (Å²) in [5.41, 5.74) is 1.20. The van der Waals surface area contributed by atoms with E-state index in [1.54, 1.807) is 29.1 Å². The lowest BCUT2D eigenvalue weighted by Gasteiger charge is -2.11. The molecule has 8 heteroatoms. The molecule has 3 rings (SSSR count). The fourth-order valence-corrected chi connectivity index (χ4v) is 1.87. The van der Waals surface area contributed by atoms with Crippen LogP contribution in [0.5, 0.6) is 0 Å². The highest BCUT2D eigenvalue weighted by molar-refractivity contribution is 6.31. The van der Waals surface area contributed by atoms with Gasteiger partial charge in [-0.1, -0.05) is 11.6 Å². The Morgan fingerprint density at radius 1 is 1.25 bits per heavy atom. The van der Waals surface area contributed by atoms with Crippen molar-refractivity contribution in [2.45, 2.75) is 0 Å². The van der Waals surface area contributed by atoms with Crippen molar-refractivity contribution in [2.24, 2.45) is 0 Å². The molecule has 2 aromatic heterocycles. The SMILES string of the molecule is O=C(Nc1cc(Cl)ccc1-n1cncn1)n1ccnc1. The number of nitrogens with one attached hydrogen (secondary N) is 1. The van der Waals surface area contributed by atoms with E-state index in [0.29, 0.717) is 16.4 Å². The first kappa shape index (κ1) is 12.4. The zero-order valence-electron chi connectivity index (χ0n) is 10.1. The minimum atomic E-state index is -0.342. The molecule has 0 saturated carbocycles. The van der Waals surface area contributed by atoms with E-state index in [1.165, 1.54) is 29.7 Å². The van der Waals surface area contributed by atoms with Gasteiger partial charge in [0.1, 0.15) is 19.0 Å². The molecule has 0 radical (unpaired) electrons. The summed E-state index contributed by atoms with van der Waals surface area (Å²) >= 11 is 5.97. The normalized spacial score (nSPS) is 10.4. The van der Waals surface area contributed by atoms with Crippen LogP contribution < -0.4 is 5.32 Å². The van der Waals surface area contributed by atoms with Gasteiger partial charge in [0, 0.05) is 17.4 Å². The lowest BCUT2D eigenvalue weighted by atomic mass is 10.2. The Hall–Kier alpha value is -2.67. The quantitative estimate of drug-likeness (QED) is 0.784. The number of hydrogen-bond acceptors (Lipinski definition) is 4. The van der Waals surface area contributed by atoms with Crippen molar-refractivity contribution in [3.05, 3.63) is 54.6 Å². The average Bonchev–Trinajstić information content (AvgIpc) is 3.12. The predicted octanol–water partition coefficient (Wildman–Crippen LogP) is 2.20. The summed E-state index contributed by atoms with van der Waals surface area (Å²) in [7, 11) is 0. The largest absolute Gasteiger partial charge is 0.331 e. The van der Waals surface area contributed by atoms with Crippen LogP contribution in [0.25, 0.3) is 5.69 Å². The molecule has 2 heterocycles. The molecule has 0 saturated heterocycles. The topological polar surface area (TPSA) is 77.6 Å². The van der Waals surface area contributed by atoms with Crippen molar-refractivity contribution in [3.8, 4) is 5.69 Å². The number of aromatic nitrogens is 5. The molecule has 0 aliphatic carbocycles. The molecule has 100 valence electrons. The lowest BCUT2D eigenvalue weighted by molar-refractivity contribution is 0.253. The van der Waals surface area contributed by atoms with E-state index >= 15 is 0 Å². The number of amides is 1. The third-order valence-corrected chi connectivity index (χ3v) is 2.84. The van der Waals surface area contributed by atoms with E-state index in [2.05, 4.69) is 20.4 Å². The summed E-state index contributed by atoms with van der Waals surface area (Å²) < 4.78 is 2.87. The second-order valence-electron chi connectivity index (χ2n) is 3.90. The van der Waals surface area contributed by atoms with Gasteiger partial charge in [-0.3, -0.25) is 4.57 Å². The summed E-state index contributed by atoms with van der Waals surface area (Å²) in [4.78, 5) is 19.7. The highest BCUT2D eigenvalue weighted by Crippen LogP contribution is 2.24. The first-order valence-electron chi connectivity index (χ1n) is 5.68. The Balaban J connectivity index is 1.96. The van der Waals surface area contributed by atoms with Gasteiger partial charge in [-0.15, -0.1) is 0 Å². The van der Waals surface area contributed by atoms with Crippen molar-refractivity contribution >= 4 is 23.3 Å². The molecule has 0 atom stereocenters. The number of hydrogen-bond donors (Lipinski definition) is 1. The Bertz CT molecular complexity index is 723. The van der Waals surface area contributed by atoms with Gasteiger partial charge in [0.25, 0.3) is 0 Å². The van der Waals surface area contributed by atoms with Crippen LogP contribution in [0.15, 0.2) is 49.6 Å².